The molecule has 0 bridgehead atoms. The van der Waals surface area contributed by atoms with Gasteiger partial charge in [0.2, 0.25) is 0 Å². The molecule has 4 N–H and O–H groups in total. The SMILES string of the molecule is C[C@]12CCC(=O)C=C1[C@@H](O)CC1C2[C@@H](O)C[C@@]2(C)C1CC[C@]2(O)C(=O)CO. The molecular formula is C21H30O6. The van der Waals surface area contributed by atoms with Crippen molar-refractivity contribution in [2.75, 3.05) is 6.61 Å². The number of hydrogen-bond acceptors (Lipinski definition) is 6. The first-order chi connectivity index (χ1) is 12.6. The second kappa shape index (κ2) is 5.96. The average molecular weight is 378 g/mol. The molecule has 3 fully saturated rings. The van der Waals surface area contributed by atoms with E-state index in [2.05, 4.69) is 0 Å². The summed E-state index contributed by atoms with van der Waals surface area (Å²) in [7, 11) is 0. The maximum Gasteiger partial charge on any atom is 0.190 e. The highest BCUT2D eigenvalue weighted by molar-refractivity contribution is 5.92. The first-order valence-electron chi connectivity index (χ1n) is 10.1. The lowest BCUT2D eigenvalue weighted by Crippen LogP contribution is -2.63. The van der Waals surface area contributed by atoms with E-state index in [0.29, 0.717) is 25.7 Å². The van der Waals surface area contributed by atoms with Gasteiger partial charge >= 0.3 is 0 Å². The predicted octanol–water partition coefficient (Wildman–Crippen LogP) is 0.752. The third kappa shape index (κ3) is 2.33. The Morgan fingerprint density at radius 2 is 1.96 bits per heavy atom. The van der Waals surface area contributed by atoms with Crippen LogP contribution in [0.15, 0.2) is 11.6 Å². The summed E-state index contributed by atoms with van der Waals surface area (Å²) in [5.74, 6) is -0.713. The van der Waals surface area contributed by atoms with Crippen molar-refractivity contribution < 1.29 is 30.0 Å². The quantitative estimate of drug-likeness (QED) is 0.564. The highest BCUT2D eigenvalue weighted by Crippen LogP contribution is 2.67. The van der Waals surface area contributed by atoms with Crippen LogP contribution in [0.1, 0.15) is 52.4 Å². The van der Waals surface area contributed by atoms with Gasteiger partial charge in [-0.2, -0.15) is 0 Å². The van der Waals surface area contributed by atoms with E-state index in [4.69, 9.17) is 0 Å². The van der Waals surface area contributed by atoms with Crippen LogP contribution in [0.4, 0.5) is 0 Å². The Bertz CT molecular complexity index is 715. The van der Waals surface area contributed by atoms with Crippen molar-refractivity contribution in [3.8, 4) is 0 Å². The number of rotatable bonds is 2. The topological polar surface area (TPSA) is 115 Å². The van der Waals surface area contributed by atoms with Crippen molar-refractivity contribution in [2.24, 2.45) is 28.6 Å². The van der Waals surface area contributed by atoms with E-state index in [0.717, 1.165) is 5.57 Å². The number of Topliss-reactive ketones (excluding diaryl/α,β-unsaturated/α-hetero) is 1. The third-order valence-electron chi connectivity index (χ3n) is 8.67. The smallest absolute Gasteiger partial charge is 0.190 e. The van der Waals surface area contributed by atoms with Crippen molar-refractivity contribution in [3.63, 3.8) is 0 Å². The van der Waals surface area contributed by atoms with Crippen LogP contribution >= 0.6 is 0 Å². The molecule has 0 radical (unpaired) electrons. The molecule has 150 valence electrons. The summed E-state index contributed by atoms with van der Waals surface area (Å²) in [6, 6.07) is 0. The van der Waals surface area contributed by atoms with Gasteiger partial charge in [0.15, 0.2) is 11.6 Å². The summed E-state index contributed by atoms with van der Waals surface area (Å²) in [4.78, 5) is 24.3. The van der Waals surface area contributed by atoms with Gasteiger partial charge in [-0.3, -0.25) is 9.59 Å². The monoisotopic (exact) mass is 378 g/mol. The Kier molecular flexibility index (Phi) is 4.25. The van der Waals surface area contributed by atoms with Crippen molar-refractivity contribution in [2.45, 2.75) is 70.2 Å². The van der Waals surface area contributed by atoms with Crippen molar-refractivity contribution in [1.82, 2.24) is 0 Å². The minimum Gasteiger partial charge on any atom is -0.393 e. The summed E-state index contributed by atoms with van der Waals surface area (Å²) >= 11 is 0. The second-order valence-corrected chi connectivity index (χ2v) is 9.70. The Morgan fingerprint density at radius 3 is 2.63 bits per heavy atom. The highest BCUT2D eigenvalue weighted by atomic mass is 16.3. The molecule has 3 unspecified atom stereocenters. The number of aliphatic hydroxyl groups excluding tert-OH is 3. The number of carbonyl (C=O) groups is 2. The molecule has 0 spiro atoms. The average Bonchev–Trinajstić information content (AvgIpc) is 2.87. The van der Waals surface area contributed by atoms with Gasteiger partial charge < -0.3 is 20.4 Å². The number of aliphatic hydroxyl groups is 4. The standard InChI is InChI=1S/C21H30O6/c1-19-5-3-11(23)7-14(19)15(24)8-12-13-4-6-21(27,17(26)10-22)20(13,2)9-16(25)18(12)19/h7,12-13,15-16,18,22,24-25,27H,3-6,8-10H2,1-2H3/t12?,13?,15-,16-,18?,19-,20-,21-/m0/s1. The molecule has 0 heterocycles. The third-order valence-corrected chi connectivity index (χ3v) is 8.67. The minimum atomic E-state index is -1.64. The van der Waals surface area contributed by atoms with Crippen LogP contribution in [-0.2, 0) is 9.59 Å². The van der Waals surface area contributed by atoms with Crippen LogP contribution in [0.3, 0.4) is 0 Å². The minimum absolute atomic E-state index is 0.0166. The molecule has 0 aliphatic heterocycles. The lowest BCUT2D eigenvalue weighted by molar-refractivity contribution is -0.187. The highest BCUT2D eigenvalue weighted by Gasteiger charge is 2.68. The van der Waals surface area contributed by atoms with Gasteiger partial charge in [0, 0.05) is 11.8 Å². The van der Waals surface area contributed by atoms with Gasteiger partial charge in [-0.05, 0) is 66.9 Å². The van der Waals surface area contributed by atoms with E-state index in [9.17, 15) is 30.0 Å². The van der Waals surface area contributed by atoms with Crippen LogP contribution in [0.25, 0.3) is 0 Å². The molecule has 27 heavy (non-hydrogen) atoms. The van der Waals surface area contributed by atoms with E-state index in [1.54, 1.807) is 6.08 Å². The number of hydrogen-bond donors (Lipinski definition) is 4. The van der Waals surface area contributed by atoms with Gasteiger partial charge in [0.1, 0.15) is 12.2 Å². The van der Waals surface area contributed by atoms with Gasteiger partial charge in [0.05, 0.1) is 12.2 Å². The number of fused-ring (bicyclic) bond motifs is 5. The second-order valence-electron chi connectivity index (χ2n) is 9.70. The lowest BCUT2D eigenvalue weighted by Gasteiger charge is -2.61. The molecule has 0 aromatic carbocycles. The van der Waals surface area contributed by atoms with Crippen LogP contribution in [0.5, 0.6) is 0 Å². The van der Waals surface area contributed by atoms with Crippen LogP contribution in [-0.4, -0.2) is 56.4 Å². The summed E-state index contributed by atoms with van der Waals surface area (Å²) in [6.07, 6.45) is 2.75. The molecule has 6 heteroatoms. The largest absolute Gasteiger partial charge is 0.393 e. The van der Waals surface area contributed by atoms with Crippen molar-refractivity contribution >= 4 is 11.6 Å². The zero-order valence-corrected chi connectivity index (χ0v) is 16.0. The maximum absolute atomic E-state index is 12.4. The van der Waals surface area contributed by atoms with E-state index < -0.39 is 41.0 Å². The molecule has 4 aliphatic carbocycles. The molecule has 0 aromatic rings. The predicted molar refractivity (Wildman–Crippen MR) is 96.5 cm³/mol. The zero-order valence-electron chi connectivity index (χ0n) is 16.0. The molecular weight excluding hydrogens is 348 g/mol. The zero-order chi connectivity index (χ0) is 19.8. The van der Waals surface area contributed by atoms with Crippen molar-refractivity contribution in [1.29, 1.82) is 0 Å². The van der Waals surface area contributed by atoms with E-state index >= 15 is 0 Å². The first kappa shape index (κ1) is 19.2. The molecule has 0 saturated heterocycles. The molecule has 4 aliphatic rings. The molecule has 8 atom stereocenters. The van der Waals surface area contributed by atoms with Gasteiger partial charge in [-0.25, -0.2) is 0 Å². The Hall–Kier alpha value is -1.08. The summed E-state index contributed by atoms with van der Waals surface area (Å²) in [5, 5.41) is 42.6. The number of ketones is 2. The Morgan fingerprint density at radius 1 is 1.26 bits per heavy atom. The molecule has 0 aromatic heterocycles. The van der Waals surface area contributed by atoms with Gasteiger partial charge in [-0.15, -0.1) is 0 Å². The molecule has 3 saturated carbocycles. The lowest BCUT2D eigenvalue weighted by atomic mass is 9.45. The molecule has 4 rings (SSSR count). The summed E-state index contributed by atoms with van der Waals surface area (Å²) < 4.78 is 0. The van der Waals surface area contributed by atoms with E-state index in [1.807, 2.05) is 13.8 Å². The van der Waals surface area contributed by atoms with Crippen LogP contribution in [0, 0.1) is 28.6 Å². The van der Waals surface area contributed by atoms with Crippen LogP contribution < -0.4 is 0 Å². The molecule has 0 amide bonds. The van der Waals surface area contributed by atoms with E-state index in [1.165, 1.54) is 0 Å². The normalized spacial score (nSPS) is 51.9. The first-order valence-corrected chi connectivity index (χ1v) is 10.1. The van der Waals surface area contributed by atoms with Crippen molar-refractivity contribution in [3.05, 3.63) is 11.6 Å². The molecule has 6 nitrogen and oxygen atoms in total. The fourth-order valence-electron chi connectivity index (χ4n) is 7.33. The van der Waals surface area contributed by atoms with E-state index in [-0.39, 0.29) is 36.4 Å². The summed E-state index contributed by atoms with van der Waals surface area (Å²) in [5.41, 5.74) is -2.17. The maximum atomic E-state index is 12.4. The van der Waals surface area contributed by atoms with Crippen LogP contribution in [0.2, 0.25) is 0 Å². The number of carbonyl (C=O) groups excluding carboxylic acids is 2. The van der Waals surface area contributed by atoms with Gasteiger partial charge in [-0.1, -0.05) is 13.8 Å². The Balaban J connectivity index is 1.77. The fraction of sp³-hybridized carbons (Fsp3) is 0.810. The summed E-state index contributed by atoms with van der Waals surface area (Å²) in [6.45, 7) is 3.18. The van der Waals surface area contributed by atoms with Gasteiger partial charge in [0.25, 0.3) is 0 Å². The fourth-order valence-corrected chi connectivity index (χ4v) is 7.33. The Labute approximate surface area is 159 Å².